The molecule has 2 fully saturated rings. The van der Waals surface area contributed by atoms with E-state index in [0.717, 1.165) is 31.3 Å². The SMILES string of the molecule is CC(C)NCC(O)COc1nccs1.O=CNN(CCCC1CCCC1)CCCC1CCCC1. The molecule has 7 nitrogen and oxygen atoms in total. The average molecular weight is 497 g/mol. The Morgan fingerprint density at radius 1 is 1.12 bits per heavy atom. The third-order valence-corrected chi connectivity index (χ3v) is 7.52. The molecule has 1 atom stereocenters. The van der Waals surface area contributed by atoms with E-state index in [1.54, 1.807) is 6.20 Å². The van der Waals surface area contributed by atoms with E-state index in [1.807, 2.05) is 19.2 Å². The van der Waals surface area contributed by atoms with Crippen LogP contribution in [0.4, 0.5) is 0 Å². The highest BCUT2D eigenvalue weighted by molar-refractivity contribution is 7.11. The summed E-state index contributed by atoms with van der Waals surface area (Å²) in [6.07, 6.45) is 18.7. The third kappa shape index (κ3) is 13.6. The lowest BCUT2D eigenvalue weighted by molar-refractivity contribution is -0.113. The van der Waals surface area contributed by atoms with E-state index in [0.29, 0.717) is 17.8 Å². The summed E-state index contributed by atoms with van der Waals surface area (Å²) in [7, 11) is 0. The largest absolute Gasteiger partial charge is 0.467 e. The van der Waals surface area contributed by atoms with Crippen molar-refractivity contribution in [3.05, 3.63) is 11.6 Å². The number of rotatable bonds is 16. The van der Waals surface area contributed by atoms with Gasteiger partial charge in [-0.05, 0) is 37.5 Å². The molecule has 8 heteroatoms. The lowest BCUT2D eigenvalue weighted by Crippen LogP contribution is -2.38. The van der Waals surface area contributed by atoms with Crippen molar-refractivity contribution in [2.24, 2.45) is 11.8 Å². The summed E-state index contributed by atoms with van der Waals surface area (Å²) in [6, 6.07) is 0.379. The van der Waals surface area contributed by atoms with Gasteiger partial charge in [-0.1, -0.05) is 76.6 Å². The molecule has 0 spiro atoms. The molecule has 3 rings (SSSR count). The number of aliphatic hydroxyl groups is 1. The van der Waals surface area contributed by atoms with E-state index in [2.05, 4.69) is 20.7 Å². The predicted octanol–water partition coefficient (Wildman–Crippen LogP) is 4.77. The molecule has 0 bridgehead atoms. The van der Waals surface area contributed by atoms with Crippen molar-refractivity contribution in [3.63, 3.8) is 0 Å². The van der Waals surface area contributed by atoms with Crippen LogP contribution in [-0.2, 0) is 4.79 Å². The molecule has 196 valence electrons. The van der Waals surface area contributed by atoms with Crippen molar-refractivity contribution in [2.75, 3.05) is 26.2 Å². The monoisotopic (exact) mass is 496 g/mol. The lowest BCUT2D eigenvalue weighted by Gasteiger charge is -2.22. The molecule has 3 N–H and O–H groups in total. The quantitative estimate of drug-likeness (QED) is 0.226. The number of aliphatic hydroxyl groups excluding tert-OH is 1. The first-order valence-electron chi connectivity index (χ1n) is 13.4. The van der Waals surface area contributed by atoms with Crippen LogP contribution >= 0.6 is 11.3 Å². The molecular weight excluding hydrogens is 448 g/mol. The predicted molar refractivity (Wildman–Crippen MR) is 140 cm³/mol. The topological polar surface area (TPSA) is 86.7 Å². The minimum Gasteiger partial charge on any atom is -0.467 e. The number of carbonyl (C=O) groups excluding carboxylic acids is 1. The Labute approximate surface area is 211 Å². The number of ether oxygens (including phenoxy) is 1. The number of hydrazine groups is 1. The second-order valence-electron chi connectivity index (χ2n) is 10.1. The Bertz CT molecular complexity index is 583. The van der Waals surface area contributed by atoms with Gasteiger partial charge in [0.1, 0.15) is 12.7 Å². The van der Waals surface area contributed by atoms with Gasteiger partial charge in [0.2, 0.25) is 6.41 Å². The summed E-state index contributed by atoms with van der Waals surface area (Å²) in [5.74, 6) is 1.93. The molecule has 0 aliphatic heterocycles. The van der Waals surface area contributed by atoms with Gasteiger partial charge in [0.25, 0.3) is 5.19 Å². The first-order valence-corrected chi connectivity index (χ1v) is 14.3. The van der Waals surface area contributed by atoms with Crippen LogP contribution in [0, 0.1) is 11.8 Å². The second kappa shape index (κ2) is 18.1. The molecule has 2 saturated carbocycles. The van der Waals surface area contributed by atoms with E-state index in [9.17, 15) is 9.90 Å². The standard InChI is InChI=1S/C17H32N2O.C9H16N2O2S/c20-15-18-19(13-5-11-16-7-1-2-8-16)14-6-12-17-9-3-4-10-17;1-7(2)11-5-8(12)6-13-9-10-3-4-14-9/h15-17H,1-14H2,(H,18,20);3-4,7-8,11-12H,5-6H2,1-2H3. The van der Waals surface area contributed by atoms with E-state index < -0.39 is 6.10 Å². The number of amides is 1. The normalized spacial score (nSPS) is 17.7. The highest BCUT2D eigenvalue weighted by Gasteiger charge is 2.16. The number of carbonyl (C=O) groups is 1. The Hall–Kier alpha value is -1.22. The van der Waals surface area contributed by atoms with Gasteiger partial charge in [-0.2, -0.15) is 0 Å². The smallest absolute Gasteiger partial charge is 0.273 e. The summed E-state index contributed by atoms with van der Waals surface area (Å²) in [5, 5.41) is 17.2. The zero-order valence-electron chi connectivity index (χ0n) is 21.4. The zero-order chi connectivity index (χ0) is 24.4. The van der Waals surface area contributed by atoms with Gasteiger partial charge in [-0.25, -0.2) is 9.99 Å². The maximum absolute atomic E-state index is 10.7. The van der Waals surface area contributed by atoms with Gasteiger partial charge in [0.05, 0.1) is 0 Å². The Kier molecular flexibility index (Phi) is 15.4. The number of hydrogen-bond acceptors (Lipinski definition) is 7. The maximum Gasteiger partial charge on any atom is 0.273 e. The summed E-state index contributed by atoms with van der Waals surface area (Å²) in [6.45, 7) is 6.96. The highest BCUT2D eigenvalue weighted by Crippen LogP contribution is 2.29. The van der Waals surface area contributed by atoms with E-state index >= 15 is 0 Å². The van der Waals surface area contributed by atoms with Crippen LogP contribution in [0.5, 0.6) is 5.19 Å². The first-order chi connectivity index (χ1) is 16.6. The number of aromatic nitrogens is 1. The van der Waals surface area contributed by atoms with Crippen molar-refractivity contribution in [1.82, 2.24) is 20.7 Å². The van der Waals surface area contributed by atoms with E-state index in [4.69, 9.17) is 4.74 Å². The maximum atomic E-state index is 10.7. The fraction of sp³-hybridized carbons (Fsp3) is 0.846. The summed E-state index contributed by atoms with van der Waals surface area (Å²) >= 11 is 1.42. The summed E-state index contributed by atoms with van der Waals surface area (Å²) in [5.41, 5.74) is 2.89. The molecule has 1 heterocycles. The van der Waals surface area contributed by atoms with Gasteiger partial charge in [0.15, 0.2) is 0 Å². The Morgan fingerprint density at radius 2 is 1.71 bits per heavy atom. The van der Waals surface area contributed by atoms with Crippen LogP contribution in [0.25, 0.3) is 0 Å². The summed E-state index contributed by atoms with van der Waals surface area (Å²) in [4.78, 5) is 14.6. The van der Waals surface area contributed by atoms with Crippen molar-refractivity contribution in [3.8, 4) is 5.19 Å². The van der Waals surface area contributed by atoms with E-state index in [1.165, 1.54) is 88.4 Å². The molecule has 1 aromatic rings. The molecule has 0 radical (unpaired) electrons. The van der Waals surface area contributed by atoms with Crippen molar-refractivity contribution < 1.29 is 14.6 Å². The zero-order valence-corrected chi connectivity index (χ0v) is 22.2. The lowest BCUT2D eigenvalue weighted by atomic mass is 10.0. The molecule has 0 saturated heterocycles. The van der Waals surface area contributed by atoms with Gasteiger partial charge in [-0.15, -0.1) is 0 Å². The average Bonchev–Trinajstić information content (AvgIpc) is 3.61. The molecule has 0 aromatic carbocycles. The number of nitrogens with zero attached hydrogens (tertiary/aromatic N) is 2. The van der Waals surface area contributed by atoms with Crippen LogP contribution in [0.1, 0.15) is 90.9 Å². The number of thiazole rings is 1. The second-order valence-corrected chi connectivity index (χ2v) is 11.0. The third-order valence-electron chi connectivity index (χ3n) is 6.84. The fourth-order valence-electron chi connectivity index (χ4n) is 4.93. The Balaban J connectivity index is 0.000000257. The molecule has 34 heavy (non-hydrogen) atoms. The van der Waals surface area contributed by atoms with Crippen LogP contribution in [-0.4, -0.2) is 59.9 Å². The number of nitrogens with one attached hydrogen (secondary N) is 2. The minimum atomic E-state index is -0.485. The summed E-state index contributed by atoms with van der Waals surface area (Å²) < 4.78 is 5.26. The first kappa shape index (κ1) is 29.0. The molecule has 1 aromatic heterocycles. The molecule has 2 aliphatic rings. The Morgan fingerprint density at radius 3 is 2.18 bits per heavy atom. The highest BCUT2D eigenvalue weighted by atomic mass is 32.1. The van der Waals surface area contributed by atoms with Crippen LogP contribution in [0.2, 0.25) is 0 Å². The van der Waals surface area contributed by atoms with Gasteiger partial charge < -0.3 is 15.2 Å². The van der Waals surface area contributed by atoms with Gasteiger partial charge >= 0.3 is 0 Å². The van der Waals surface area contributed by atoms with Crippen LogP contribution in [0.15, 0.2) is 11.6 Å². The van der Waals surface area contributed by atoms with Crippen LogP contribution < -0.4 is 15.5 Å². The number of hydrogen-bond donors (Lipinski definition) is 3. The minimum absolute atomic E-state index is 0.285. The molecule has 2 aliphatic carbocycles. The van der Waals surface area contributed by atoms with Crippen molar-refractivity contribution in [1.29, 1.82) is 0 Å². The molecule has 1 unspecified atom stereocenters. The van der Waals surface area contributed by atoms with Crippen LogP contribution in [0.3, 0.4) is 0 Å². The fourth-order valence-corrected chi connectivity index (χ4v) is 5.43. The van der Waals surface area contributed by atoms with Crippen molar-refractivity contribution >= 4 is 17.7 Å². The molecule has 1 amide bonds. The van der Waals surface area contributed by atoms with Crippen molar-refractivity contribution in [2.45, 2.75) is 103 Å². The van der Waals surface area contributed by atoms with E-state index in [-0.39, 0.29) is 6.61 Å². The van der Waals surface area contributed by atoms with Gasteiger partial charge in [0, 0.05) is 37.3 Å². The van der Waals surface area contributed by atoms with Gasteiger partial charge in [-0.3, -0.25) is 10.2 Å². The molecular formula is C26H48N4O3S.